The van der Waals surface area contributed by atoms with Gasteiger partial charge in [-0.3, -0.25) is 0 Å². The summed E-state index contributed by atoms with van der Waals surface area (Å²) in [5.41, 5.74) is 1.36. The van der Waals surface area contributed by atoms with Gasteiger partial charge in [0.05, 0.1) is 0 Å². The summed E-state index contributed by atoms with van der Waals surface area (Å²) in [5, 5.41) is 12.5. The Morgan fingerprint density at radius 1 is 1.47 bits per heavy atom. The number of aromatic amines is 1. The number of hydrogen-bond acceptors (Lipinski definition) is 2. The molecule has 0 amide bonds. The molecule has 0 aliphatic rings. The van der Waals surface area contributed by atoms with Crippen molar-refractivity contribution in [3.05, 3.63) is 24.0 Å². The Morgan fingerprint density at radius 2 is 2.20 bits per heavy atom. The van der Waals surface area contributed by atoms with Crippen molar-refractivity contribution in [2.24, 2.45) is 5.41 Å². The maximum Gasteiger partial charge on any atom is 0.0446 e. The molecule has 0 aliphatic carbocycles. The number of aliphatic hydroxyl groups excluding tert-OH is 1. The molecule has 0 radical (unpaired) electrons. The van der Waals surface area contributed by atoms with Gasteiger partial charge in [-0.2, -0.15) is 0 Å². The number of rotatable bonds is 5. The monoisotopic (exact) mass is 210 g/mol. The maximum atomic E-state index is 9.01. The molecule has 3 heteroatoms. The average Bonchev–Trinajstić information content (AvgIpc) is 2.62. The van der Waals surface area contributed by atoms with Gasteiger partial charge in [0.1, 0.15) is 0 Å². The molecular formula is C12H22N2O. The third kappa shape index (κ3) is 4.06. The zero-order valence-electron chi connectivity index (χ0n) is 9.88. The van der Waals surface area contributed by atoms with Crippen molar-refractivity contribution < 1.29 is 5.11 Å². The van der Waals surface area contributed by atoms with E-state index in [-0.39, 0.29) is 12.0 Å². The van der Waals surface area contributed by atoms with Gasteiger partial charge in [0.2, 0.25) is 0 Å². The molecule has 0 spiro atoms. The topological polar surface area (TPSA) is 48.0 Å². The smallest absolute Gasteiger partial charge is 0.0446 e. The Bertz CT molecular complexity index is 262. The van der Waals surface area contributed by atoms with Crippen molar-refractivity contribution in [3.63, 3.8) is 0 Å². The second-order valence-electron chi connectivity index (χ2n) is 5.01. The fraction of sp³-hybridized carbons (Fsp3) is 0.667. The van der Waals surface area contributed by atoms with Crippen LogP contribution in [0.25, 0.3) is 0 Å². The Hall–Kier alpha value is -0.800. The molecule has 15 heavy (non-hydrogen) atoms. The summed E-state index contributed by atoms with van der Waals surface area (Å²) in [5.74, 6) is 0. The first kappa shape index (κ1) is 12.3. The molecule has 0 saturated heterocycles. The van der Waals surface area contributed by atoms with E-state index in [1.807, 2.05) is 12.3 Å². The van der Waals surface area contributed by atoms with Gasteiger partial charge in [-0.05, 0) is 24.0 Å². The molecule has 0 fully saturated rings. The largest absolute Gasteiger partial charge is 0.396 e. The van der Waals surface area contributed by atoms with Crippen LogP contribution in [0.15, 0.2) is 18.3 Å². The molecule has 0 saturated carbocycles. The molecule has 1 rings (SSSR count). The first-order valence-electron chi connectivity index (χ1n) is 5.50. The standard InChI is InChI=1S/C12H22N2O/c1-12(2,3)11(6-8-15)14-9-10-5-4-7-13-10/h4-5,7,11,13-15H,6,8-9H2,1-3H3. The van der Waals surface area contributed by atoms with Crippen molar-refractivity contribution in [1.82, 2.24) is 10.3 Å². The van der Waals surface area contributed by atoms with Crippen LogP contribution in [-0.2, 0) is 6.54 Å². The minimum absolute atomic E-state index is 0.176. The third-order valence-corrected chi connectivity index (χ3v) is 2.66. The molecular weight excluding hydrogens is 188 g/mol. The second kappa shape index (κ2) is 5.33. The van der Waals surface area contributed by atoms with Gasteiger partial charge in [-0.1, -0.05) is 20.8 Å². The quantitative estimate of drug-likeness (QED) is 0.695. The predicted molar refractivity (Wildman–Crippen MR) is 62.6 cm³/mol. The molecule has 0 bridgehead atoms. The lowest BCUT2D eigenvalue weighted by Gasteiger charge is -2.31. The number of aliphatic hydroxyl groups is 1. The summed E-state index contributed by atoms with van der Waals surface area (Å²) in [6.07, 6.45) is 2.72. The molecule has 3 nitrogen and oxygen atoms in total. The highest BCUT2D eigenvalue weighted by Gasteiger charge is 2.23. The van der Waals surface area contributed by atoms with E-state index in [4.69, 9.17) is 5.11 Å². The van der Waals surface area contributed by atoms with Crippen molar-refractivity contribution >= 4 is 0 Å². The average molecular weight is 210 g/mol. The zero-order chi connectivity index (χ0) is 11.3. The highest BCUT2D eigenvalue weighted by atomic mass is 16.3. The summed E-state index contributed by atoms with van der Waals surface area (Å²) >= 11 is 0. The minimum atomic E-state index is 0.176. The summed E-state index contributed by atoms with van der Waals surface area (Å²) < 4.78 is 0. The van der Waals surface area contributed by atoms with Crippen LogP contribution >= 0.6 is 0 Å². The SMILES string of the molecule is CC(C)(C)C(CCO)NCc1ccc[nH]1. The third-order valence-electron chi connectivity index (χ3n) is 2.66. The summed E-state index contributed by atoms with van der Waals surface area (Å²) in [6.45, 7) is 7.63. The Morgan fingerprint density at radius 3 is 2.67 bits per heavy atom. The highest BCUT2D eigenvalue weighted by molar-refractivity contribution is 5.03. The van der Waals surface area contributed by atoms with Gasteiger partial charge in [0, 0.05) is 31.1 Å². The van der Waals surface area contributed by atoms with Crippen LogP contribution in [0.4, 0.5) is 0 Å². The molecule has 1 unspecified atom stereocenters. The first-order chi connectivity index (χ1) is 7.04. The van der Waals surface area contributed by atoms with E-state index in [0.717, 1.165) is 13.0 Å². The summed E-state index contributed by atoms with van der Waals surface area (Å²) in [6, 6.07) is 4.40. The summed E-state index contributed by atoms with van der Waals surface area (Å²) in [4.78, 5) is 3.16. The van der Waals surface area contributed by atoms with E-state index >= 15 is 0 Å². The van der Waals surface area contributed by atoms with E-state index in [0.29, 0.717) is 6.04 Å². The molecule has 1 atom stereocenters. The van der Waals surface area contributed by atoms with E-state index in [1.54, 1.807) is 0 Å². The molecule has 1 aromatic heterocycles. The van der Waals surface area contributed by atoms with E-state index in [1.165, 1.54) is 5.69 Å². The Balaban J connectivity index is 2.45. The van der Waals surface area contributed by atoms with E-state index in [9.17, 15) is 0 Å². The lowest BCUT2D eigenvalue weighted by molar-refractivity contribution is 0.196. The van der Waals surface area contributed by atoms with Crippen LogP contribution in [0, 0.1) is 5.41 Å². The van der Waals surface area contributed by atoms with Crippen molar-refractivity contribution in [3.8, 4) is 0 Å². The van der Waals surface area contributed by atoms with Crippen molar-refractivity contribution in [1.29, 1.82) is 0 Å². The normalized spacial score (nSPS) is 14.1. The Labute approximate surface area is 91.9 Å². The van der Waals surface area contributed by atoms with Crippen LogP contribution < -0.4 is 5.32 Å². The predicted octanol–water partition coefficient (Wildman–Crippen LogP) is 1.90. The van der Waals surface area contributed by atoms with Crippen LogP contribution in [0.5, 0.6) is 0 Å². The first-order valence-corrected chi connectivity index (χ1v) is 5.50. The minimum Gasteiger partial charge on any atom is -0.396 e. The Kier molecular flexibility index (Phi) is 4.36. The van der Waals surface area contributed by atoms with Gasteiger partial charge in [0.25, 0.3) is 0 Å². The van der Waals surface area contributed by atoms with Gasteiger partial charge < -0.3 is 15.4 Å². The van der Waals surface area contributed by atoms with E-state index in [2.05, 4.69) is 37.1 Å². The summed E-state index contributed by atoms with van der Waals surface area (Å²) in [7, 11) is 0. The molecule has 0 aromatic carbocycles. The van der Waals surface area contributed by atoms with Gasteiger partial charge in [-0.25, -0.2) is 0 Å². The van der Waals surface area contributed by atoms with Gasteiger partial charge in [0.15, 0.2) is 0 Å². The van der Waals surface area contributed by atoms with Crippen LogP contribution in [0.2, 0.25) is 0 Å². The van der Waals surface area contributed by atoms with E-state index < -0.39 is 0 Å². The molecule has 0 aliphatic heterocycles. The number of hydrogen-bond donors (Lipinski definition) is 3. The molecule has 1 heterocycles. The lowest BCUT2D eigenvalue weighted by atomic mass is 9.85. The second-order valence-corrected chi connectivity index (χ2v) is 5.01. The van der Waals surface area contributed by atoms with Crippen LogP contribution in [-0.4, -0.2) is 22.7 Å². The van der Waals surface area contributed by atoms with Crippen LogP contribution in [0.1, 0.15) is 32.9 Å². The molecule has 1 aromatic rings. The number of nitrogens with one attached hydrogen (secondary N) is 2. The number of H-pyrrole nitrogens is 1. The maximum absolute atomic E-state index is 9.01. The van der Waals surface area contributed by atoms with Crippen molar-refractivity contribution in [2.75, 3.05) is 6.61 Å². The number of aromatic nitrogens is 1. The highest BCUT2D eigenvalue weighted by Crippen LogP contribution is 2.21. The lowest BCUT2D eigenvalue weighted by Crippen LogP contribution is -2.40. The zero-order valence-corrected chi connectivity index (χ0v) is 9.88. The van der Waals surface area contributed by atoms with Gasteiger partial charge in [-0.15, -0.1) is 0 Å². The fourth-order valence-corrected chi connectivity index (χ4v) is 1.68. The van der Waals surface area contributed by atoms with Gasteiger partial charge >= 0.3 is 0 Å². The fourth-order valence-electron chi connectivity index (χ4n) is 1.68. The molecule has 86 valence electrons. The molecule has 3 N–H and O–H groups in total. The van der Waals surface area contributed by atoms with Crippen molar-refractivity contribution in [2.45, 2.75) is 39.8 Å². The van der Waals surface area contributed by atoms with Crippen LogP contribution in [0.3, 0.4) is 0 Å².